The van der Waals surface area contributed by atoms with Gasteiger partial charge in [0.25, 0.3) is 0 Å². The van der Waals surface area contributed by atoms with Crippen LogP contribution >= 0.6 is 0 Å². The van der Waals surface area contributed by atoms with Gasteiger partial charge in [-0.05, 0) is 13.8 Å². The third-order valence-corrected chi connectivity index (χ3v) is 2.02. The number of carbonyl (C=O) groups excluding carboxylic acids is 1. The lowest BCUT2D eigenvalue weighted by molar-refractivity contribution is -0.177. The van der Waals surface area contributed by atoms with Crippen molar-refractivity contribution in [3.63, 3.8) is 0 Å². The lowest BCUT2D eigenvalue weighted by Crippen LogP contribution is -2.17. The van der Waals surface area contributed by atoms with Gasteiger partial charge in [0.1, 0.15) is 13.2 Å². The summed E-state index contributed by atoms with van der Waals surface area (Å²) in [5.74, 6) is -0.488. The molecule has 1 rings (SSSR count). The van der Waals surface area contributed by atoms with E-state index in [-0.39, 0.29) is 24.6 Å². The van der Waals surface area contributed by atoms with Gasteiger partial charge in [-0.1, -0.05) is 0 Å². The normalized spacial score (nSPS) is 11.4. The zero-order chi connectivity index (χ0) is 14.5. The fraction of sp³-hybridized carbons (Fsp3) is 0.545. The first-order valence-electron chi connectivity index (χ1n) is 5.47. The van der Waals surface area contributed by atoms with E-state index in [1.807, 2.05) is 0 Å². The number of hydrogen-bond acceptors (Lipinski definition) is 5. The molecule has 0 spiro atoms. The van der Waals surface area contributed by atoms with Gasteiger partial charge < -0.3 is 9.47 Å². The van der Waals surface area contributed by atoms with Crippen LogP contribution in [0, 0.1) is 6.92 Å². The average Bonchev–Trinajstić information content (AvgIpc) is 2.27. The monoisotopic (exact) mass is 278 g/mol. The SMILES string of the molecule is CCOC(=O)c1cnc(COCC(F)(F)F)nc1C. The molecule has 8 heteroatoms. The van der Waals surface area contributed by atoms with Crippen molar-refractivity contribution >= 4 is 5.97 Å². The molecule has 5 nitrogen and oxygen atoms in total. The van der Waals surface area contributed by atoms with E-state index >= 15 is 0 Å². The van der Waals surface area contributed by atoms with Crippen LogP contribution in [0.1, 0.15) is 28.8 Å². The lowest BCUT2D eigenvalue weighted by atomic mass is 10.2. The summed E-state index contributed by atoms with van der Waals surface area (Å²) in [7, 11) is 0. The van der Waals surface area contributed by atoms with Crippen molar-refractivity contribution < 1.29 is 27.4 Å². The van der Waals surface area contributed by atoms with Crippen molar-refractivity contribution in [2.45, 2.75) is 26.6 Å². The molecule has 0 aliphatic heterocycles. The molecule has 19 heavy (non-hydrogen) atoms. The molecule has 106 valence electrons. The minimum atomic E-state index is -4.39. The van der Waals surface area contributed by atoms with Crippen molar-refractivity contribution in [1.29, 1.82) is 0 Å². The van der Waals surface area contributed by atoms with Crippen molar-refractivity contribution in [2.75, 3.05) is 13.2 Å². The van der Waals surface area contributed by atoms with Crippen LogP contribution in [0.15, 0.2) is 6.20 Å². The van der Waals surface area contributed by atoms with Gasteiger partial charge in [-0.25, -0.2) is 14.8 Å². The number of ether oxygens (including phenoxy) is 2. The third-order valence-electron chi connectivity index (χ3n) is 2.02. The molecule has 0 fully saturated rings. The lowest BCUT2D eigenvalue weighted by Gasteiger charge is -2.08. The highest BCUT2D eigenvalue weighted by Gasteiger charge is 2.27. The Kier molecular flexibility index (Phi) is 5.22. The standard InChI is InChI=1S/C11H13F3N2O3/c1-3-19-10(17)8-4-15-9(16-7(8)2)5-18-6-11(12,13)14/h4H,3,5-6H2,1-2H3. The molecule has 1 heterocycles. The molecule has 0 aliphatic carbocycles. The Morgan fingerprint density at radius 1 is 1.42 bits per heavy atom. The second-order valence-corrected chi connectivity index (χ2v) is 3.61. The summed E-state index contributed by atoms with van der Waals surface area (Å²) >= 11 is 0. The van der Waals surface area contributed by atoms with E-state index < -0.39 is 18.8 Å². The number of hydrogen-bond donors (Lipinski definition) is 0. The predicted octanol–water partition coefficient (Wildman–Crippen LogP) is 2.04. The van der Waals surface area contributed by atoms with Crippen LogP contribution in [0.2, 0.25) is 0 Å². The number of aromatic nitrogens is 2. The Morgan fingerprint density at radius 2 is 2.11 bits per heavy atom. The van der Waals surface area contributed by atoms with Crippen molar-refractivity contribution in [2.24, 2.45) is 0 Å². The van der Waals surface area contributed by atoms with Crippen LogP contribution in [0.3, 0.4) is 0 Å². The summed E-state index contributed by atoms with van der Waals surface area (Å²) < 4.78 is 44.8. The summed E-state index contributed by atoms with van der Waals surface area (Å²) in [5.41, 5.74) is 0.514. The van der Waals surface area contributed by atoms with Gasteiger partial charge in [-0.3, -0.25) is 0 Å². The average molecular weight is 278 g/mol. The topological polar surface area (TPSA) is 61.3 Å². The zero-order valence-corrected chi connectivity index (χ0v) is 10.5. The number of aryl methyl sites for hydroxylation is 1. The Bertz CT molecular complexity index is 449. The van der Waals surface area contributed by atoms with Crippen molar-refractivity contribution in [1.82, 2.24) is 9.97 Å². The molecule has 0 radical (unpaired) electrons. The van der Waals surface area contributed by atoms with Crippen LogP contribution in [0.4, 0.5) is 13.2 Å². The highest BCUT2D eigenvalue weighted by Crippen LogP contribution is 2.15. The van der Waals surface area contributed by atoms with Crippen molar-refractivity contribution in [3.05, 3.63) is 23.3 Å². The van der Waals surface area contributed by atoms with E-state index in [9.17, 15) is 18.0 Å². The highest BCUT2D eigenvalue weighted by molar-refractivity contribution is 5.90. The van der Waals surface area contributed by atoms with Gasteiger partial charge in [0, 0.05) is 6.20 Å². The minimum Gasteiger partial charge on any atom is -0.462 e. The van der Waals surface area contributed by atoms with Gasteiger partial charge in [0.15, 0.2) is 5.82 Å². The number of esters is 1. The van der Waals surface area contributed by atoms with E-state index in [1.54, 1.807) is 13.8 Å². The summed E-state index contributed by atoms with van der Waals surface area (Å²) in [6.45, 7) is 1.68. The van der Waals surface area contributed by atoms with E-state index in [2.05, 4.69) is 14.7 Å². The smallest absolute Gasteiger partial charge is 0.411 e. The Hall–Kier alpha value is -1.70. The molecule has 0 N–H and O–H groups in total. The molecule has 0 saturated carbocycles. The maximum Gasteiger partial charge on any atom is 0.411 e. The molecular weight excluding hydrogens is 265 g/mol. The predicted molar refractivity (Wildman–Crippen MR) is 58.4 cm³/mol. The summed E-state index contributed by atoms with van der Waals surface area (Å²) in [4.78, 5) is 19.1. The van der Waals surface area contributed by atoms with Crippen molar-refractivity contribution in [3.8, 4) is 0 Å². The number of nitrogens with zero attached hydrogens (tertiary/aromatic N) is 2. The van der Waals surface area contributed by atoms with E-state index in [0.717, 1.165) is 0 Å². The number of halogens is 3. The highest BCUT2D eigenvalue weighted by atomic mass is 19.4. The molecule has 0 aromatic carbocycles. The zero-order valence-electron chi connectivity index (χ0n) is 10.5. The number of carbonyl (C=O) groups is 1. The number of rotatable bonds is 5. The molecule has 0 unspecified atom stereocenters. The van der Waals surface area contributed by atoms with Gasteiger partial charge in [0.05, 0.1) is 17.9 Å². The molecule has 1 aromatic rings. The first kappa shape index (κ1) is 15.4. The van der Waals surface area contributed by atoms with Crippen LogP contribution in [0.5, 0.6) is 0 Å². The maximum absolute atomic E-state index is 11.9. The third kappa shape index (κ3) is 5.21. The summed E-state index contributed by atoms with van der Waals surface area (Å²) in [5, 5.41) is 0. The van der Waals surface area contributed by atoms with Gasteiger partial charge in [-0.2, -0.15) is 13.2 Å². The molecule has 0 aliphatic rings. The van der Waals surface area contributed by atoms with Gasteiger partial charge in [0.2, 0.25) is 0 Å². The molecule has 0 atom stereocenters. The minimum absolute atomic E-state index is 0.0785. The van der Waals surface area contributed by atoms with Crippen LogP contribution in [-0.2, 0) is 16.1 Å². The maximum atomic E-state index is 11.9. The first-order valence-corrected chi connectivity index (χ1v) is 5.47. The Balaban J connectivity index is 2.64. The number of alkyl halides is 3. The quantitative estimate of drug-likeness (QED) is 0.771. The molecule has 0 amide bonds. The second-order valence-electron chi connectivity index (χ2n) is 3.61. The van der Waals surface area contributed by atoms with E-state index in [0.29, 0.717) is 5.69 Å². The first-order chi connectivity index (χ1) is 8.83. The van der Waals surface area contributed by atoms with Gasteiger partial charge >= 0.3 is 12.1 Å². The Morgan fingerprint density at radius 3 is 2.63 bits per heavy atom. The fourth-order valence-electron chi connectivity index (χ4n) is 1.25. The molecular formula is C11H13F3N2O3. The van der Waals surface area contributed by atoms with E-state index in [4.69, 9.17) is 4.74 Å². The molecule has 0 saturated heterocycles. The largest absolute Gasteiger partial charge is 0.462 e. The molecule has 1 aromatic heterocycles. The van der Waals surface area contributed by atoms with Crippen LogP contribution in [0.25, 0.3) is 0 Å². The Labute approximate surface area is 107 Å². The van der Waals surface area contributed by atoms with Crippen LogP contribution in [-0.4, -0.2) is 35.3 Å². The van der Waals surface area contributed by atoms with E-state index in [1.165, 1.54) is 6.20 Å². The summed E-state index contributed by atoms with van der Waals surface area (Å²) in [6.07, 6.45) is -3.17. The van der Waals surface area contributed by atoms with Gasteiger partial charge in [-0.15, -0.1) is 0 Å². The second kappa shape index (κ2) is 6.46. The fourth-order valence-corrected chi connectivity index (χ4v) is 1.25. The molecule has 0 bridgehead atoms. The van der Waals surface area contributed by atoms with Crippen LogP contribution < -0.4 is 0 Å². The summed E-state index contributed by atoms with van der Waals surface area (Å²) in [6, 6.07) is 0.